The van der Waals surface area contributed by atoms with Crippen molar-refractivity contribution in [1.82, 2.24) is 10.2 Å². The Kier molecular flexibility index (Phi) is 10.7. The SMILES string of the molecule is C#Cc1ccc(C(C(=O)Nc2ccccc2C)N(CC=C)C(=O)C(CC(C)C)NC(=O)OC(C)(C)C)cc1. The number of rotatable bonds is 10. The first kappa shape index (κ1) is 30.2. The van der Waals surface area contributed by atoms with Gasteiger partial charge in [-0.05, 0) is 69.4 Å². The minimum absolute atomic E-state index is 0.0756. The Hall–Kier alpha value is -4.05. The molecule has 0 aliphatic heterocycles. The fourth-order valence-corrected chi connectivity index (χ4v) is 3.95. The van der Waals surface area contributed by atoms with E-state index in [9.17, 15) is 14.4 Å². The number of terminal acetylenes is 1. The van der Waals surface area contributed by atoms with Crippen molar-refractivity contribution in [2.75, 3.05) is 11.9 Å². The molecule has 0 saturated heterocycles. The highest BCUT2D eigenvalue weighted by Crippen LogP contribution is 2.26. The summed E-state index contributed by atoms with van der Waals surface area (Å²) in [4.78, 5) is 41.9. The second kappa shape index (κ2) is 13.5. The Labute approximate surface area is 226 Å². The average molecular weight is 518 g/mol. The van der Waals surface area contributed by atoms with Crippen LogP contribution >= 0.6 is 0 Å². The van der Waals surface area contributed by atoms with Crippen LogP contribution in [0.1, 0.15) is 63.8 Å². The Bertz CT molecular complexity index is 1170. The van der Waals surface area contributed by atoms with Crippen LogP contribution in [0.2, 0.25) is 0 Å². The summed E-state index contributed by atoms with van der Waals surface area (Å²) in [5, 5.41) is 5.68. The van der Waals surface area contributed by atoms with Gasteiger partial charge in [0.15, 0.2) is 0 Å². The smallest absolute Gasteiger partial charge is 0.408 e. The maximum atomic E-state index is 14.0. The quantitative estimate of drug-likeness (QED) is 0.317. The van der Waals surface area contributed by atoms with Gasteiger partial charge in [-0.15, -0.1) is 13.0 Å². The highest BCUT2D eigenvalue weighted by atomic mass is 16.6. The summed E-state index contributed by atoms with van der Waals surface area (Å²) in [5.74, 6) is 1.83. The molecule has 0 bridgehead atoms. The molecule has 0 heterocycles. The molecule has 2 N–H and O–H groups in total. The van der Waals surface area contributed by atoms with Gasteiger partial charge in [0, 0.05) is 17.8 Å². The van der Waals surface area contributed by atoms with Gasteiger partial charge in [-0.3, -0.25) is 9.59 Å². The molecular weight excluding hydrogens is 478 g/mol. The lowest BCUT2D eigenvalue weighted by molar-refractivity contribution is -0.140. The van der Waals surface area contributed by atoms with Crippen molar-refractivity contribution in [3.8, 4) is 12.3 Å². The number of nitrogens with one attached hydrogen (secondary N) is 2. The molecule has 0 aliphatic carbocycles. The fourth-order valence-electron chi connectivity index (χ4n) is 3.95. The van der Waals surface area contributed by atoms with E-state index in [-0.39, 0.29) is 12.5 Å². The van der Waals surface area contributed by atoms with E-state index in [1.165, 1.54) is 4.90 Å². The highest BCUT2D eigenvalue weighted by molar-refractivity contribution is 5.99. The van der Waals surface area contributed by atoms with Gasteiger partial charge in [-0.1, -0.05) is 56.2 Å². The number of hydrogen-bond donors (Lipinski definition) is 2. The standard InChI is InChI=1S/C31H39N3O4/c1-9-19-34(29(36)26(20-21(3)4)33-30(37)38-31(6,7)8)27(24-17-15-23(10-2)16-18-24)28(35)32-25-14-12-11-13-22(25)5/h2,9,11-18,21,26-27H,1,19-20H2,3-8H3,(H,32,35)(H,33,37). The number of hydrogen-bond acceptors (Lipinski definition) is 4. The third-order valence-electron chi connectivity index (χ3n) is 5.66. The second-order valence-electron chi connectivity index (χ2n) is 10.6. The summed E-state index contributed by atoms with van der Waals surface area (Å²) in [6.07, 6.45) is 6.74. The summed E-state index contributed by atoms with van der Waals surface area (Å²) in [5.41, 5.74) is 2.02. The first-order valence-corrected chi connectivity index (χ1v) is 12.7. The molecule has 38 heavy (non-hydrogen) atoms. The Morgan fingerprint density at radius 1 is 1.11 bits per heavy atom. The number of para-hydroxylation sites is 1. The molecule has 2 rings (SSSR count). The largest absolute Gasteiger partial charge is 0.444 e. The topological polar surface area (TPSA) is 87.7 Å². The normalized spacial score (nSPS) is 12.6. The predicted octanol–water partition coefficient (Wildman–Crippen LogP) is 5.61. The van der Waals surface area contributed by atoms with E-state index in [0.29, 0.717) is 23.2 Å². The monoisotopic (exact) mass is 517 g/mol. The summed E-state index contributed by atoms with van der Waals surface area (Å²) in [6, 6.07) is 12.4. The minimum Gasteiger partial charge on any atom is -0.444 e. The predicted molar refractivity (Wildman–Crippen MR) is 151 cm³/mol. The fraction of sp³-hybridized carbons (Fsp3) is 0.387. The number of ether oxygens (including phenoxy) is 1. The number of amides is 3. The molecular formula is C31H39N3O4. The van der Waals surface area contributed by atoms with Crippen molar-refractivity contribution in [1.29, 1.82) is 0 Å². The highest BCUT2D eigenvalue weighted by Gasteiger charge is 2.36. The van der Waals surface area contributed by atoms with Crippen LogP contribution in [0, 0.1) is 25.2 Å². The minimum atomic E-state index is -1.01. The number of anilines is 1. The summed E-state index contributed by atoms with van der Waals surface area (Å²) in [7, 11) is 0. The summed E-state index contributed by atoms with van der Waals surface area (Å²) < 4.78 is 5.41. The molecule has 0 spiro atoms. The van der Waals surface area contributed by atoms with E-state index in [0.717, 1.165) is 5.56 Å². The second-order valence-corrected chi connectivity index (χ2v) is 10.6. The molecule has 2 aromatic rings. The molecule has 0 fully saturated rings. The Morgan fingerprint density at radius 2 is 1.74 bits per heavy atom. The van der Waals surface area contributed by atoms with E-state index in [1.54, 1.807) is 57.2 Å². The van der Waals surface area contributed by atoms with Crippen molar-refractivity contribution < 1.29 is 19.1 Å². The molecule has 202 valence electrons. The number of alkyl carbamates (subject to hydrolysis) is 1. The van der Waals surface area contributed by atoms with E-state index in [2.05, 4.69) is 23.1 Å². The van der Waals surface area contributed by atoms with Crippen LogP contribution in [0.4, 0.5) is 10.5 Å². The van der Waals surface area contributed by atoms with E-state index >= 15 is 0 Å². The van der Waals surface area contributed by atoms with Crippen molar-refractivity contribution >= 4 is 23.6 Å². The summed E-state index contributed by atoms with van der Waals surface area (Å²) >= 11 is 0. The zero-order valence-corrected chi connectivity index (χ0v) is 23.2. The molecule has 2 unspecified atom stereocenters. The van der Waals surface area contributed by atoms with Crippen molar-refractivity contribution in [3.63, 3.8) is 0 Å². The van der Waals surface area contributed by atoms with Crippen LogP contribution in [0.3, 0.4) is 0 Å². The van der Waals surface area contributed by atoms with Crippen molar-refractivity contribution in [2.45, 2.75) is 65.6 Å². The zero-order valence-electron chi connectivity index (χ0n) is 23.2. The van der Waals surface area contributed by atoms with Gasteiger partial charge >= 0.3 is 6.09 Å². The molecule has 7 nitrogen and oxygen atoms in total. The lowest BCUT2D eigenvalue weighted by atomic mass is 9.98. The summed E-state index contributed by atoms with van der Waals surface area (Å²) in [6.45, 7) is 14.9. The number of nitrogens with zero attached hydrogens (tertiary/aromatic N) is 1. The molecule has 0 aromatic heterocycles. The van der Waals surface area contributed by atoms with E-state index < -0.39 is 35.6 Å². The van der Waals surface area contributed by atoms with Gasteiger partial charge in [0.1, 0.15) is 17.7 Å². The van der Waals surface area contributed by atoms with Gasteiger partial charge in [0.25, 0.3) is 5.91 Å². The molecule has 3 amide bonds. The maximum absolute atomic E-state index is 14.0. The molecule has 0 radical (unpaired) electrons. The molecule has 0 saturated carbocycles. The maximum Gasteiger partial charge on any atom is 0.408 e. The van der Waals surface area contributed by atoms with Crippen LogP contribution in [-0.4, -0.2) is 41.0 Å². The molecule has 7 heteroatoms. The number of aryl methyl sites for hydroxylation is 1. The van der Waals surface area contributed by atoms with Crippen LogP contribution in [0.15, 0.2) is 61.2 Å². The third-order valence-corrected chi connectivity index (χ3v) is 5.66. The number of carbonyl (C=O) groups is 3. The van der Waals surface area contributed by atoms with Gasteiger partial charge in [0.2, 0.25) is 5.91 Å². The van der Waals surface area contributed by atoms with Gasteiger partial charge in [0.05, 0.1) is 0 Å². The van der Waals surface area contributed by atoms with Gasteiger partial charge < -0.3 is 20.3 Å². The lowest BCUT2D eigenvalue weighted by Gasteiger charge is -2.34. The first-order valence-electron chi connectivity index (χ1n) is 12.7. The van der Waals surface area contributed by atoms with Crippen LogP contribution < -0.4 is 10.6 Å². The van der Waals surface area contributed by atoms with Crippen molar-refractivity contribution in [2.24, 2.45) is 5.92 Å². The van der Waals surface area contributed by atoms with Gasteiger partial charge in [-0.25, -0.2) is 4.79 Å². The average Bonchev–Trinajstić information content (AvgIpc) is 2.83. The number of carbonyl (C=O) groups excluding carboxylic acids is 3. The zero-order chi connectivity index (χ0) is 28.5. The van der Waals surface area contributed by atoms with Crippen LogP contribution in [0.5, 0.6) is 0 Å². The van der Waals surface area contributed by atoms with Crippen LogP contribution in [0.25, 0.3) is 0 Å². The van der Waals surface area contributed by atoms with Crippen molar-refractivity contribution in [3.05, 3.63) is 77.9 Å². The van der Waals surface area contributed by atoms with Gasteiger partial charge in [-0.2, -0.15) is 0 Å². The lowest BCUT2D eigenvalue weighted by Crippen LogP contribution is -2.52. The molecule has 0 aliphatic rings. The van der Waals surface area contributed by atoms with Crippen LogP contribution in [-0.2, 0) is 14.3 Å². The number of benzene rings is 2. The van der Waals surface area contributed by atoms with E-state index in [4.69, 9.17) is 11.2 Å². The Balaban J connectivity index is 2.53. The third kappa shape index (κ3) is 8.81. The Morgan fingerprint density at radius 3 is 2.26 bits per heavy atom. The molecule has 2 atom stereocenters. The molecule has 2 aromatic carbocycles. The first-order chi connectivity index (χ1) is 17.9. The van der Waals surface area contributed by atoms with E-state index in [1.807, 2.05) is 39.0 Å².